The van der Waals surface area contributed by atoms with Crippen LogP contribution in [0.3, 0.4) is 0 Å². The zero-order valence-corrected chi connectivity index (χ0v) is 8.02. The van der Waals surface area contributed by atoms with E-state index in [4.69, 9.17) is 0 Å². The van der Waals surface area contributed by atoms with Crippen molar-refractivity contribution in [2.24, 2.45) is 0 Å². The minimum atomic E-state index is -6.12. The van der Waals surface area contributed by atoms with Crippen LogP contribution in [0.25, 0.3) is 0 Å². The van der Waals surface area contributed by atoms with Crippen molar-refractivity contribution in [1.29, 1.82) is 0 Å². The van der Waals surface area contributed by atoms with Gasteiger partial charge < -0.3 is 0 Å². The summed E-state index contributed by atoms with van der Waals surface area (Å²) in [5, 5.41) is 0. The third kappa shape index (κ3) is 1.10. The Bertz CT molecular complexity index is 317. The van der Waals surface area contributed by atoms with Crippen LogP contribution >= 0.6 is 0 Å². The van der Waals surface area contributed by atoms with Crippen molar-refractivity contribution < 1.29 is 35.1 Å². The SMILES string of the molecule is CC1=C(C)C(F)(F)C(F)(F)C(F)(F)C1(F)F. The number of hydrogen-bond donors (Lipinski definition) is 0. The molecule has 0 bridgehead atoms. The Kier molecular flexibility index (Phi) is 2.39. The smallest absolute Gasteiger partial charge is 0.194 e. The molecular formula is C8H6F8. The first-order chi connectivity index (χ1) is 6.82. The zero-order chi connectivity index (χ0) is 13.2. The van der Waals surface area contributed by atoms with Gasteiger partial charge in [-0.25, -0.2) is 0 Å². The van der Waals surface area contributed by atoms with Crippen molar-refractivity contribution in [1.82, 2.24) is 0 Å². The van der Waals surface area contributed by atoms with Crippen molar-refractivity contribution in [3.05, 3.63) is 11.1 Å². The fourth-order valence-electron chi connectivity index (χ4n) is 1.34. The first-order valence-corrected chi connectivity index (χ1v) is 4.01. The second-order valence-corrected chi connectivity index (χ2v) is 3.55. The van der Waals surface area contributed by atoms with Crippen LogP contribution in [0, 0.1) is 0 Å². The maximum Gasteiger partial charge on any atom is 0.382 e. The topological polar surface area (TPSA) is 0 Å². The molecule has 0 nitrogen and oxygen atoms in total. The van der Waals surface area contributed by atoms with Crippen LogP contribution in [-0.4, -0.2) is 23.7 Å². The molecule has 0 N–H and O–H groups in total. The molecule has 0 fully saturated rings. The highest BCUT2D eigenvalue weighted by atomic mass is 19.4. The Morgan fingerprint density at radius 3 is 0.938 bits per heavy atom. The molecule has 0 saturated heterocycles. The lowest BCUT2D eigenvalue weighted by Crippen LogP contribution is -2.66. The third-order valence-corrected chi connectivity index (χ3v) is 2.69. The summed E-state index contributed by atoms with van der Waals surface area (Å²) in [4.78, 5) is 0. The van der Waals surface area contributed by atoms with E-state index < -0.39 is 34.8 Å². The molecule has 1 aliphatic carbocycles. The summed E-state index contributed by atoms with van der Waals surface area (Å²) in [5.41, 5.74) is -3.46. The predicted octanol–water partition coefficient (Wildman–Crippen LogP) is 3.88. The van der Waals surface area contributed by atoms with Gasteiger partial charge in [0.2, 0.25) is 0 Å². The van der Waals surface area contributed by atoms with Crippen LogP contribution in [0.5, 0.6) is 0 Å². The van der Waals surface area contributed by atoms with E-state index in [-0.39, 0.29) is 13.8 Å². The Labute approximate surface area is 84.9 Å². The van der Waals surface area contributed by atoms with Gasteiger partial charge in [-0.3, -0.25) is 0 Å². The average molecular weight is 254 g/mol. The maximum atomic E-state index is 12.8. The highest BCUT2D eigenvalue weighted by molar-refractivity contribution is 5.36. The van der Waals surface area contributed by atoms with E-state index in [1.807, 2.05) is 0 Å². The van der Waals surface area contributed by atoms with Gasteiger partial charge in [-0.2, -0.15) is 35.1 Å². The second kappa shape index (κ2) is 2.89. The van der Waals surface area contributed by atoms with Gasteiger partial charge >= 0.3 is 23.7 Å². The average Bonchev–Trinajstić information content (AvgIpc) is 2.12. The van der Waals surface area contributed by atoms with Crippen LogP contribution in [0.4, 0.5) is 35.1 Å². The predicted molar refractivity (Wildman–Crippen MR) is 38.2 cm³/mol. The molecule has 0 unspecified atom stereocenters. The highest BCUT2D eigenvalue weighted by Crippen LogP contribution is 2.61. The Balaban J connectivity index is 3.64. The van der Waals surface area contributed by atoms with Gasteiger partial charge in [-0.15, -0.1) is 0 Å². The van der Waals surface area contributed by atoms with Gasteiger partial charge in [0.1, 0.15) is 0 Å². The Morgan fingerprint density at radius 2 is 0.750 bits per heavy atom. The normalized spacial score (nSPS) is 30.4. The monoisotopic (exact) mass is 254 g/mol. The van der Waals surface area contributed by atoms with Gasteiger partial charge in [0.25, 0.3) is 0 Å². The van der Waals surface area contributed by atoms with Gasteiger partial charge in [-0.1, -0.05) is 0 Å². The van der Waals surface area contributed by atoms with E-state index >= 15 is 0 Å². The Morgan fingerprint density at radius 1 is 0.562 bits per heavy atom. The van der Waals surface area contributed by atoms with Crippen molar-refractivity contribution in [2.45, 2.75) is 37.5 Å². The van der Waals surface area contributed by atoms with Crippen LogP contribution in [0.2, 0.25) is 0 Å². The standard InChI is InChI=1S/C8H6F8/c1-3-4(2)6(11,12)8(15,16)7(13,14)5(3,9)10/h1-2H3. The molecule has 1 rings (SSSR count). The molecule has 94 valence electrons. The van der Waals surface area contributed by atoms with Crippen molar-refractivity contribution in [2.75, 3.05) is 0 Å². The first kappa shape index (κ1) is 13.2. The van der Waals surface area contributed by atoms with Crippen LogP contribution < -0.4 is 0 Å². The van der Waals surface area contributed by atoms with Gasteiger partial charge in [0.05, 0.1) is 0 Å². The molecule has 16 heavy (non-hydrogen) atoms. The molecule has 0 radical (unpaired) electrons. The first-order valence-electron chi connectivity index (χ1n) is 4.01. The van der Waals surface area contributed by atoms with Gasteiger partial charge in [0.15, 0.2) is 0 Å². The highest BCUT2D eigenvalue weighted by Gasteiger charge is 2.84. The summed E-state index contributed by atoms with van der Waals surface area (Å²) in [6.07, 6.45) is 0. The summed E-state index contributed by atoms with van der Waals surface area (Å²) in [6.45, 7) is 0.568. The van der Waals surface area contributed by atoms with E-state index in [0.29, 0.717) is 0 Å². The zero-order valence-electron chi connectivity index (χ0n) is 8.02. The fourth-order valence-corrected chi connectivity index (χ4v) is 1.34. The lowest BCUT2D eigenvalue weighted by Gasteiger charge is -2.42. The Hall–Kier alpha value is -0.820. The molecule has 1 aliphatic rings. The van der Waals surface area contributed by atoms with E-state index in [1.54, 1.807) is 0 Å². The molecule has 0 saturated carbocycles. The lowest BCUT2D eigenvalue weighted by molar-refractivity contribution is -0.358. The summed E-state index contributed by atoms with van der Waals surface area (Å²) in [5.74, 6) is -22.8. The molecule has 0 aromatic carbocycles. The van der Waals surface area contributed by atoms with Crippen molar-refractivity contribution in [3.8, 4) is 0 Å². The van der Waals surface area contributed by atoms with Gasteiger partial charge in [-0.05, 0) is 13.8 Å². The van der Waals surface area contributed by atoms with Gasteiger partial charge in [0, 0.05) is 11.1 Å². The van der Waals surface area contributed by atoms with E-state index in [9.17, 15) is 35.1 Å². The van der Waals surface area contributed by atoms with Crippen LogP contribution in [0.1, 0.15) is 13.8 Å². The third-order valence-electron chi connectivity index (χ3n) is 2.69. The van der Waals surface area contributed by atoms with Crippen LogP contribution in [-0.2, 0) is 0 Å². The van der Waals surface area contributed by atoms with Crippen molar-refractivity contribution in [3.63, 3.8) is 0 Å². The number of halogens is 8. The summed E-state index contributed by atoms with van der Waals surface area (Å²) in [7, 11) is 0. The molecule has 0 heterocycles. The molecule has 0 aromatic heterocycles. The summed E-state index contributed by atoms with van der Waals surface area (Å²) >= 11 is 0. The largest absolute Gasteiger partial charge is 0.382 e. The van der Waals surface area contributed by atoms with Crippen LogP contribution in [0.15, 0.2) is 11.1 Å². The number of hydrogen-bond acceptors (Lipinski definition) is 0. The summed E-state index contributed by atoms with van der Waals surface area (Å²) < 4.78 is 102. The minimum Gasteiger partial charge on any atom is -0.194 e. The van der Waals surface area contributed by atoms with E-state index in [2.05, 4.69) is 0 Å². The second-order valence-electron chi connectivity index (χ2n) is 3.55. The summed E-state index contributed by atoms with van der Waals surface area (Å²) in [6, 6.07) is 0. The molecule has 0 spiro atoms. The van der Waals surface area contributed by atoms with E-state index in [1.165, 1.54) is 0 Å². The number of rotatable bonds is 0. The maximum absolute atomic E-state index is 12.8. The lowest BCUT2D eigenvalue weighted by atomic mass is 9.81. The fraction of sp³-hybridized carbons (Fsp3) is 0.750. The number of alkyl halides is 8. The molecule has 0 aliphatic heterocycles. The van der Waals surface area contributed by atoms with E-state index in [0.717, 1.165) is 0 Å². The molecule has 8 heteroatoms. The molecule has 0 aromatic rings. The number of allylic oxidation sites excluding steroid dienone is 2. The van der Waals surface area contributed by atoms with Crippen molar-refractivity contribution >= 4 is 0 Å². The molecule has 0 atom stereocenters. The quantitative estimate of drug-likeness (QED) is 0.454. The molecular weight excluding hydrogens is 248 g/mol. The molecule has 0 amide bonds. The minimum absolute atomic E-state index is 0.284.